The predicted molar refractivity (Wildman–Crippen MR) is 252 cm³/mol. The second kappa shape index (κ2) is 47.7. The molecule has 0 spiro atoms. The van der Waals surface area contributed by atoms with Gasteiger partial charge in [-0.3, -0.25) is 4.79 Å². The molecule has 0 heterocycles. The Morgan fingerprint density at radius 3 is 1.27 bits per heavy atom. The molecule has 1 N–H and O–H groups in total. The number of ether oxygens (including phenoxy) is 3. The van der Waals surface area contributed by atoms with Gasteiger partial charge in [0.05, 0.1) is 19.8 Å². The van der Waals surface area contributed by atoms with Gasteiger partial charge in [0.15, 0.2) is 0 Å². The fraction of sp³-hybridized carbons (Fsp3) is 0.962. The molecule has 0 saturated carbocycles. The maximum Gasteiger partial charge on any atom is 0.508 e. The van der Waals surface area contributed by atoms with Crippen LogP contribution in [0.4, 0.5) is 4.79 Å². The van der Waals surface area contributed by atoms with Crippen molar-refractivity contribution in [3.8, 4) is 0 Å². The van der Waals surface area contributed by atoms with Crippen LogP contribution in [0.5, 0.6) is 0 Å². The minimum absolute atomic E-state index is 0.00176. The molecule has 7 heteroatoms. The van der Waals surface area contributed by atoms with Gasteiger partial charge in [0, 0.05) is 13.0 Å². The average Bonchev–Trinajstić information content (AvgIpc) is 3.22. The van der Waals surface area contributed by atoms with Crippen molar-refractivity contribution in [1.29, 1.82) is 0 Å². The highest BCUT2D eigenvalue weighted by atomic mass is 16.7. The van der Waals surface area contributed by atoms with Gasteiger partial charge in [-0.2, -0.15) is 0 Å². The summed E-state index contributed by atoms with van der Waals surface area (Å²) in [5.74, 6) is 0.823. The van der Waals surface area contributed by atoms with E-state index in [1.165, 1.54) is 167 Å². The highest BCUT2D eigenvalue weighted by molar-refractivity contribution is 5.69. The summed E-state index contributed by atoms with van der Waals surface area (Å²) in [4.78, 5) is 27.0. The molecule has 1 unspecified atom stereocenters. The van der Waals surface area contributed by atoms with E-state index in [2.05, 4.69) is 32.6 Å². The molecule has 59 heavy (non-hydrogen) atoms. The van der Waals surface area contributed by atoms with Crippen LogP contribution in [-0.2, 0) is 19.0 Å². The molecule has 0 rings (SSSR count). The van der Waals surface area contributed by atoms with Crippen LogP contribution in [0.2, 0.25) is 0 Å². The fourth-order valence-electron chi connectivity index (χ4n) is 8.15. The van der Waals surface area contributed by atoms with E-state index < -0.39 is 6.16 Å². The van der Waals surface area contributed by atoms with Gasteiger partial charge < -0.3 is 24.2 Å². The second-order valence-corrected chi connectivity index (χ2v) is 18.4. The van der Waals surface area contributed by atoms with E-state index in [0.29, 0.717) is 19.6 Å². The zero-order valence-corrected chi connectivity index (χ0v) is 40.2. The second-order valence-electron chi connectivity index (χ2n) is 18.4. The van der Waals surface area contributed by atoms with E-state index >= 15 is 0 Å². The Morgan fingerprint density at radius 1 is 0.441 bits per heavy atom. The van der Waals surface area contributed by atoms with Crippen LogP contribution >= 0.6 is 0 Å². The number of nitrogens with zero attached hydrogens (tertiary/aromatic N) is 1. The summed E-state index contributed by atoms with van der Waals surface area (Å²) in [5.41, 5.74) is 0. The van der Waals surface area contributed by atoms with Gasteiger partial charge in [0.2, 0.25) is 0 Å². The number of hydrogen-bond acceptors (Lipinski definition) is 7. The van der Waals surface area contributed by atoms with Crippen LogP contribution in [0, 0.1) is 5.92 Å². The van der Waals surface area contributed by atoms with Crippen molar-refractivity contribution in [2.75, 3.05) is 39.5 Å². The molecular weight excluding hydrogens is 735 g/mol. The molecule has 0 aromatic heterocycles. The number of carbonyl (C=O) groups excluding carboxylic acids is 2. The molecule has 7 nitrogen and oxygen atoms in total. The van der Waals surface area contributed by atoms with Gasteiger partial charge in [-0.15, -0.1) is 0 Å². The number of unbranched alkanes of at least 4 members (excludes halogenated alkanes) is 29. The Hall–Kier alpha value is -1.34. The maximum absolute atomic E-state index is 12.5. The molecule has 0 amide bonds. The largest absolute Gasteiger partial charge is 0.508 e. The van der Waals surface area contributed by atoms with Crippen LogP contribution in [0.1, 0.15) is 272 Å². The van der Waals surface area contributed by atoms with E-state index in [4.69, 9.17) is 14.2 Å². The summed E-state index contributed by atoms with van der Waals surface area (Å²) in [6, 6.07) is 0. The lowest BCUT2D eigenvalue weighted by molar-refractivity contribution is -0.143. The summed E-state index contributed by atoms with van der Waals surface area (Å²) in [7, 11) is 0. The van der Waals surface area contributed by atoms with Crippen molar-refractivity contribution in [3.05, 3.63) is 0 Å². The minimum Gasteiger partial charge on any atom is -0.466 e. The van der Waals surface area contributed by atoms with Crippen LogP contribution < -0.4 is 0 Å². The summed E-state index contributed by atoms with van der Waals surface area (Å²) in [5, 5.41) is 9.57. The minimum atomic E-state index is -0.470. The SMILES string of the molecule is CCCCCCCCCCCC(CCCCCC)OC(=O)OCCCCCCCCN(CCO)CCCCCCCCOC(=O)CCCCCCCCCCCC(C)C. The van der Waals surface area contributed by atoms with Crippen LogP contribution in [0.3, 0.4) is 0 Å². The van der Waals surface area contributed by atoms with Crippen molar-refractivity contribution >= 4 is 12.1 Å². The van der Waals surface area contributed by atoms with E-state index in [9.17, 15) is 14.7 Å². The van der Waals surface area contributed by atoms with Crippen molar-refractivity contribution in [2.45, 2.75) is 278 Å². The molecule has 0 aromatic rings. The van der Waals surface area contributed by atoms with Crippen LogP contribution in [-0.4, -0.2) is 67.7 Å². The van der Waals surface area contributed by atoms with Gasteiger partial charge in [0.25, 0.3) is 0 Å². The molecule has 1 atom stereocenters. The molecule has 0 bridgehead atoms. The fourth-order valence-corrected chi connectivity index (χ4v) is 8.15. The summed E-state index contributed by atoms with van der Waals surface area (Å²) in [6.45, 7) is 13.2. The van der Waals surface area contributed by atoms with E-state index in [-0.39, 0.29) is 18.7 Å². The van der Waals surface area contributed by atoms with E-state index in [0.717, 1.165) is 96.2 Å². The summed E-state index contributed by atoms with van der Waals surface area (Å²) in [6.07, 6.45) is 45.1. The average molecular weight is 838 g/mol. The van der Waals surface area contributed by atoms with Crippen molar-refractivity contribution in [1.82, 2.24) is 4.90 Å². The van der Waals surface area contributed by atoms with E-state index in [1.54, 1.807) is 0 Å². The number of rotatable bonds is 48. The number of carbonyl (C=O) groups is 2. The normalized spacial score (nSPS) is 12.1. The van der Waals surface area contributed by atoms with Crippen molar-refractivity contribution in [2.24, 2.45) is 5.92 Å². The number of esters is 1. The molecule has 0 saturated heterocycles. The maximum atomic E-state index is 12.5. The summed E-state index contributed by atoms with van der Waals surface area (Å²) < 4.78 is 16.8. The highest BCUT2D eigenvalue weighted by Gasteiger charge is 2.15. The number of hydrogen-bond donors (Lipinski definition) is 1. The Bertz CT molecular complexity index is 853. The molecule has 0 radical (unpaired) electrons. The molecule has 0 aliphatic rings. The Morgan fingerprint density at radius 2 is 0.814 bits per heavy atom. The lowest BCUT2D eigenvalue weighted by atomic mass is 10.0. The number of aliphatic hydroxyl groups is 1. The summed E-state index contributed by atoms with van der Waals surface area (Å²) >= 11 is 0. The van der Waals surface area contributed by atoms with Gasteiger partial charge in [-0.1, -0.05) is 207 Å². The smallest absolute Gasteiger partial charge is 0.466 e. The molecular formula is C52H103NO6. The Kier molecular flexibility index (Phi) is 46.6. The molecule has 0 aliphatic carbocycles. The first kappa shape index (κ1) is 57.7. The molecule has 0 aliphatic heterocycles. The topological polar surface area (TPSA) is 85.3 Å². The molecule has 352 valence electrons. The standard InChI is InChI=1S/C52H103NO6/c1-5-7-9-11-12-14-18-25-33-41-50(40-32-10-8-6-2)59-52(56)58-48-38-30-23-21-28-36-44-53(45-46-54)43-35-27-20-22-29-37-47-57-51(55)42-34-26-19-16-13-15-17-24-31-39-49(3)4/h49-50,54H,5-48H2,1-4H3. The predicted octanol–water partition coefficient (Wildman–Crippen LogP) is 15.9. The van der Waals surface area contributed by atoms with Crippen LogP contribution in [0.25, 0.3) is 0 Å². The Labute approximate surface area is 368 Å². The van der Waals surface area contributed by atoms with Gasteiger partial charge >= 0.3 is 12.1 Å². The van der Waals surface area contributed by atoms with Gasteiger partial charge in [0.1, 0.15) is 6.10 Å². The highest BCUT2D eigenvalue weighted by Crippen LogP contribution is 2.18. The monoisotopic (exact) mass is 838 g/mol. The van der Waals surface area contributed by atoms with Crippen molar-refractivity contribution in [3.63, 3.8) is 0 Å². The van der Waals surface area contributed by atoms with Gasteiger partial charge in [-0.25, -0.2) is 4.79 Å². The lowest BCUT2D eigenvalue weighted by Gasteiger charge is -2.21. The zero-order valence-electron chi connectivity index (χ0n) is 40.2. The first-order valence-electron chi connectivity index (χ1n) is 26.2. The van der Waals surface area contributed by atoms with E-state index in [1.807, 2.05) is 0 Å². The first-order chi connectivity index (χ1) is 28.9. The van der Waals surface area contributed by atoms with Crippen molar-refractivity contribution < 1.29 is 28.9 Å². The Balaban J connectivity index is 3.78. The third-order valence-corrected chi connectivity index (χ3v) is 12.1. The van der Waals surface area contributed by atoms with Crippen LogP contribution in [0.15, 0.2) is 0 Å². The first-order valence-corrected chi connectivity index (χ1v) is 26.2. The molecule has 0 aromatic carbocycles. The third kappa shape index (κ3) is 46.0. The van der Waals surface area contributed by atoms with Gasteiger partial charge in [-0.05, 0) is 76.8 Å². The molecule has 0 fully saturated rings. The number of aliphatic hydroxyl groups excluding tert-OH is 1. The quantitative estimate of drug-likeness (QED) is 0.0482. The zero-order chi connectivity index (χ0) is 43.1. The lowest BCUT2D eigenvalue weighted by Crippen LogP contribution is -2.29. The third-order valence-electron chi connectivity index (χ3n) is 12.1.